The Hall–Kier alpha value is -3.54. The van der Waals surface area contributed by atoms with Gasteiger partial charge in [-0.1, -0.05) is 11.6 Å². The topological polar surface area (TPSA) is 136 Å². The molecular formula is C20H20ClF4N5O3. The first-order valence-electron chi connectivity index (χ1n) is 9.15. The molecule has 1 atom stereocenters. The van der Waals surface area contributed by atoms with E-state index in [1.807, 2.05) is 0 Å². The molecule has 0 aliphatic rings. The van der Waals surface area contributed by atoms with Gasteiger partial charge in [-0.2, -0.15) is 13.2 Å². The first kappa shape index (κ1) is 25.7. The molecule has 0 aliphatic heterocycles. The Bertz CT molecular complexity index is 1120. The van der Waals surface area contributed by atoms with Gasteiger partial charge in [0.15, 0.2) is 6.10 Å². The first-order valence-corrected chi connectivity index (χ1v) is 9.53. The fourth-order valence-electron chi connectivity index (χ4n) is 2.58. The maximum atomic E-state index is 15.0. The summed E-state index contributed by atoms with van der Waals surface area (Å²) >= 11 is 5.65. The average molecular weight is 490 g/mol. The van der Waals surface area contributed by atoms with Gasteiger partial charge in [-0.05, 0) is 26.0 Å². The highest BCUT2D eigenvalue weighted by molar-refractivity contribution is 6.31. The zero-order valence-electron chi connectivity index (χ0n) is 17.6. The zero-order valence-corrected chi connectivity index (χ0v) is 18.4. The Morgan fingerprint density at radius 2 is 1.91 bits per heavy atom. The molecule has 0 bridgehead atoms. The van der Waals surface area contributed by atoms with Crippen LogP contribution < -0.4 is 26.3 Å². The lowest BCUT2D eigenvalue weighted by Gasteiger charge is -2.21. The van der Waals surface area contributed by atoms with Crippen LogP contribution in [0.25, 0.3) is 11.3 Å². The number of pyridine rings is 1. The molecular weight excluding hydrogens is 470 g/mol. The predicted octanol–water partition coefficient (Wildman–Crippen LogP) is 3.94. The number of amides is 1. The van der Waals surface area contributed by atoms with Gasteiger partial charge in [-0.25, -0.2) is 9.37 Å². The average Bonchev–Trinajstić information content (AvgIpc) is 2.70. The number of carbonyl (C=O) groups is 1. The van der Waals surface area contributed by atoms with E-state index in [4.69, 9.17) is 38.0 Å². The van der Waals surface area contributed by atoms with E-state index >= 15 is 0 Å². The summed E-state index contributed by atoms with van der Waals surface area (Å²) in [6, 6.07) is 4.22. The Morgan fingerprint density at radius 3 is 2.42 bits per heavy atom. The number of nitrogens with one attached hydrogen (secondary N) is 2. The number of aromatic nitrogens is 1. The van der Waals surface area contributed by atoms with Crippen molar-refractivity contribution in [3.05, 3.63) is 46.5 Å². The molecule has 0 aliphatic carbocycles. The standard InChI is InChI=1S/C20H20ClF4N5O3/c1-8(26)17(18(21)28)30-19(31)12-6-13(22)11(7-15(12)33-9(2)20(23,24)25)14-4-10(32-3)5-16(27)29-14/h4-7,9,26H,28H2,1-3H3,(H2,27,29)(H,30,31)/b18-17+,26-8?/t9-/m0/s1. The minimum absolute atomic E-state index is 0.0366. The van der Waals surface area contributed by atoms with Gasteiger partial charge in [0.2, 0.25) is 0 Å². The minimum Gasteiger partial charge on any atom is -0.497 e. The van der Waals surface area contributed by atoms with Crippen LogP contribution in [-0.2, 0) is 0 Å². The van der Waals surface area contributed by atoms with Crippen LogP contribution in [0.4, 0.5) is 23.4 Å². The summed E-state index contributed by atoms with van der Waals surface area (Å²) in [5, 5.41) is 9.34. The highest BCUT2D eigenvalue weighted by atomic mass is 35.5. The Labute approximate surface area is 191 Å². The molecule has 0 saturated heterocycles. The van der Waals surface area contributed by atoms with Crippen molar-refractivity contribution in [2.45, 2.75) is 26.1 Å². The van der Waals surface area contributed by atoms with Crippen molar-refractivity contribution in [1.29, 1.82) is 5.41 Å². The summed E-state index contributed by atoms with van der Waals surface area (Å²) in [6.45, 7) is 1.98. The number of methoxy groups -OCH3 is 1. The molecule has 6 N–H and O–H groups in total. The number of ether oxygens (including phenoxy) is 2. The number of benzene rings is 1. The number of carbonyl (C=O) groups excluding carboxylic acids is 1. The molecule has 0 fully saturated rings. The summed E-state index contributed by atoms with van der Waals surface area (Å²) in [5.74, 6) is -2.53. The lowest BCUT2D eigenvalue weighted by Crippen LogP contribution is -2.33. The summed E-state index contributed by atoms with van der Waals surface area (Å²) in [7, 11) is 1.33. The van der Waals surface area contributed by atoms with Gasteiger partial charge in [0.05, 0.1) is 29.8 Å². The summed E-state index contributed by atoms with van der Waals surface area (Å²) in [5.41, 5.74) is 9.59. The molecule has 0 radical (unpaired) electrons. The van der Waals surface area contributed by atoms with Crippen LogP contribution >= 0.6 is 11.6 Å². The van der Waals surface area contributed by atoms with Crippen LogP contribution in [0.15, 0.2) is 35.1 Å². The van der Waals surface area contributed by atoms with Gasteiger partial charge in [0.25, 0.3) is 5.91 Å². The Morgan fingerprint density at radius 1 is 1.27 bits per heavy atom. The van der Waals surface area contributed by atoms with Crippen molar-refractivity contribution in [1.82, 2.24) is 10.3 Å². The van der Waals surface area contributed by atoms with E-state index in [0.717, 1.165) is 13.0 Å². The second kappa shape index (κ2) is 9.94. The molecule has 13 heteroatoms. The third-order valence-electron chi connectivity index (χ3n) is 4.26. The minimum atomic E-state index is -4.78. The lowest BCUT2D eigenvalue weighted by atomic mass is 10.0. The highest BCUT2D eigenvalue weighted by Gasteiger charge is 2.39. The van der Waals surface area contributed by atoms with Gasteiger partial charge >= 0.3 is 6.18 Å². The molecule has 2 rings (SSSR count). The van der Waals surface area contributed by atoms with Gasteiger partial charge in [-0.15, -0.1) is 0 Å². The number of anilines is 1. The number of nitrogens with zero attached hydrogens (tertiary/aromatic N) is 1. The number of nitrogen functional groups attached to an aromatic ring is 1. The second-order valence-corrected chi connectivity index (χ2v) is 7.16. The highest BCUT2D eigenvalue weighted by Crippen LogP contribution is 2.34. The molecule has 1 amide bonds. The number of alkyl halides is 3. The third kappa shape index (κ3) is 6.25. The number of halogens is 5. The normalized spacial score (nSPS) is 13.1. The summed E-state index contributed by atoms with van der Waals surface area (Å²) in [6.07, 6.45) is -7.12. The van der Waals surface area contributed by atoms with Crippen LogP contribution in [-0.4, -0.2) is 36.0 Å². The fraction of sp³-hybridized carbons (Fsp3) is 0.250. The molecule has 0 unspecified atom stereocenters. The Balaban J connectivity index is 2.66. The van der Waals surface area contributed by atoms with E-state index in [0.29, 0.717) is 6.07 Å². The molecule has 1 heterocycles. The van der Waals surface area contributed by atoms with Gasteiger partial charge in [0, 0.05) is 17.7 Å². The number of hydrogen-bond donors (Lipinski definition) is 4. The van der Waals surface area contributed by atoms with Crippen molar-refractivity contribution in [3.8, 4) is 22.8 Å². The molecule has 0 spiro atoms. The van der Waals surface area contributed by atoms with E-state index < -0.39 is 40.5 Å². The maximum absolute atomic E-state index is 15.0. The molecule has 178 valence electrons. The predicted molar refractivity (Wildman–Crippen MR) is 115 cm³/mol. The van der Waals surface area contributed by atoms with Crippen molar-refractivity contribution >= 4 is 29.0 Å². The van der Waals surface area contributed by atoms with E-state index in [9.17, 15) is 22.4 Å². The summed E-state index contributed by atoms with van der Waals surface area (Å²) in [4.78, 5) is 16.7. The van der Waals surface area contributed by atoms with E-state index in [-0.39, 0.29) is 34.2 Å². The second-order valence-electron chi connectivity index (χ2n) is 6.75. The Kier molecular flexibility index (Phi) is 7.75. The summed E-state index contributed by atoms with van der Waals surface area (Å²) < 4.78 is 64.4. The zero-order chi connectivity index (χ0) is 25.1. The molecule has 1 aromatic heterocycles. The van der Waals surface area contributed by atoms with Gasteiger partial charge in [0.1, 0.15) is 28.3 Å². The first-order chi connectivity index (χ1) is 15.2. The quantitative estimate of drug-likeness (QED) is 0.264. The lowest BCUT2D eigenvalue weighted by molar-refractivity contribution is -0.189. The van der Waals surface area contributed by atoms with Crippen molar-refractivity contribution in [3.63, 3.8) is 0 Å². The van der Waals surface area contributed by atoms with Crippen LogP contribution in [0.1, 0.15) is 24.2 Å². The molecule has 33 heavy (non-hydrogen) atoms. The van der Waals surface area contributed by atoms with Crippen molar-refractivity contribution in [2.24, 2.45) is 5.73 Å². The SMILES string of the molecule is COc1cc(N)nc(-c2cc(O[C@@H](C)C(F)(F)F)c(C(=O)N/C(C(C)=N)=C(/N)Cl)cc2F)c1. The third-order valence-corrected chi connectivity index (χ3v) is 4.45. The maximum Gasteiger partial charge on any atom is 0.425 e. The van der Waals surface area contributed by atoms with Gasteiger partial charge < -0.3 is 31.7 Å². The molecule has 1 aromatic carbocycles. The van der Waals surface area contributed by atoms with Crippen LogP contribution in [0.3, 0.4) is 0 Å². The van der Waals surface area contributed by atoms with Crippen LogP contribution in [0.5, 0.6) is 11.5 Å². The molecule has 8 nitrogen and oxygen atoms in total. The number of allylic oxidation sites excluding steroid dienone is 1. The fourth-order valence-corrected chi connectivity index (χ4v) is 2.77. The monoisotopic (exact) mass is 489 g/mol. The van der Waals surface area contributed by atoms with E-state index in [1.54, 1.807) is 0 Å². The van der Waals surface area contributed by atoms with E-state index in [1.165, 1.54) is 26.2 Å². The van der Waals surface area contributed by atoms with Crippen molar-refractivity contribution in [2.75, 3.05) is 12.8 Å². The van der Waals surface area contributed by atoms with Crippen molar-refractivity contribution < 1.29 is 31.8 Å². The largest absolute Gasteiger partial charge is 0.497 e. The number of hydrogen-bond acceptors (Lipinski definition) is 7. The van der Waals surface area contributed by atoms with Gasteiger partial charge in [-0.3, -0.25) is 4.79 Å². The number of nitrogens with two attached hydrogens (primary N) is 2. The number of rotatable bonds is 7. The van der Waals surface area contributed by atoms with E-state index in [2.05, 4.69) is 10.3 Å². The smallest absolute Gasteiger partial charge is 0.425 e. The van der Waals surface area contributed by atoms with Crippen LogP contribution in [0.2, 0.25) is 0 Å². The van der Waals surface area contributed by atoms with Crippen LogP contribution in [0, 0.1) is 11.2 Å². The molecule has 2 aromatic rings. The molecule has 0 saturated carbocycles.